The van der Waals surface area contributed by atoms with E-state index in [1.165, 1.54) is 5.57 Å². The van der Waals surface area contributed by atoms with Crippen LogP contribution < -0.4 is 0 Å². The Hall–Kier alpha value is -0.260. The molecular formula is C7H13. The van der Waals surface area contributed by atoms with Crippen molar-refractivity contribution < 1.29 is 0 Å². The van der Waals surface area contributed by atoms with E-state index in [1.807, 2.05) is 6.92 Å². The summed E-state index contributed by atoms with van der Waals surface area (Å²) in [4.78, 5) is 0. The third-order valence-electron chi connectivity index (χ3n) is 1.28. The van der Waals surface area contributed by atoms with Crippen LogP contribution in [0.3, 0.4) is 0 Å². The monoisotopic (exact) mass is 97.1 g/mol. The maximum absolute atomic E-state index is 3.79. The molecule has 1 unspecified atom stereocenters. The Morgan fingerprint density at radius 3 is 2.14 bits per heavy atom. The second-order valence-corrected chi connectivity index (χ2v) is 1.97. The summed E-state index contributed by atoms with van der Waals surface area (Å²) in [5, 5.41) is 0. The Morgan fingerprint density at radius 2 is 2.14 bits per heavy atom. The van der Waals surface area contributed by atoms with Gasteiger partial charge in [-0.2, -0.15) is 0 Å². The quantitative estimate of drug-likeness (QED) is 0.464. The predicted octanol–water partition coefficient (Wildman–Crippen LogP) is 2.42. The van der Waals surface area contributed by atoms with E-state index in [-0.39, 0.29) is 0 Å². The molecule has 0 aromatic heterocycles. The second kappa shape index (κ2) is 2.84. The largest absolute Gasteiger partial charge is 0.0999 e. The Labute approximate surface area is 46.2 Å². The van der Waals surface area contributed by atoms with Crippen molar-refractivity contribution in [2.24, 2.45) is 5.92 Å². The van der Waals surface area contributed by atoms with E-state index in [9.17, 15) is 0 Å². The van der Waals surface area contributed by atoms with Crippen molar-refractivity contribution in [2.45, 2.75) is 20.8 Å². The van der Waals surface area contributed by atoms with Crippen LogP contribution in [-0.2, 0) is 0 Å². The van der Waals surface area contributed by atoms with Gasteiger partial charge in [0.25, 0.3) is 0 Å². The van der Waals surface area contributed by atoms with Gasteiger partial charge in [-0.1, -0.05) is 26.0 Å². The van der Waals surface area contributed by atoms with Crippen molar-refractivity contribution >= 4 is 0 Å². The van der Waals surface area contributed by atoms with Gasteiger partial charge in [0.1, 0.15) is 0 Å². The molecule has 0 saturated carbocycles. The predicted molar refractivity (Wildman–Crippen MR) is 34.0 cm³/mol. The van der Waals surface area contributed by atoms with Crippen molar-refractivity contribution in [3.8, 4) is 0 Å². The molecule has 7 heavy (non-hydrogen) atoms. The maximum Gasteiger partial charge on any atom is -0.0209 e. The van der Waals surface area contributed by atoms with Crippen LogP contribution >= 0.6 is 0 Å². The van der Waals surface area contributed by atoms with Crippen molar-refractivity contribution in [3.05, 3.63) is 18.6 Å². The Bertz CT molecular complexity index is 62.4. The van der Waals surface area contributed by atoms with E-state index in [0.29, 0.717) is 5.92 Å². The maximum atomic E-state index is 3.79. The molecule has 0 heterocycles. The molecule has 0 rings (SSSR count). The third-order valence-corrected chi connectivity index (χ3v) is 1.28. The first-order valence-electron chi connectivity index (χ1n) is 2.63. The fourth-order valence-electron chi connectivity index (χ4n) is 0.285. The molecule has 41 valence electrons. The van der Waals surface area contributed by atoms with Gasteiger partial charge in [-0.25, -0.2) is 0 Å². The zero-order valence-corrected chi connectivity index (χ0v) is 5.36. The minimum absolute atomic E-state index is 0.583. The van der Waals surface area contributed by atoms with E-state index in [4.69, 9.17) is 0 Å². The van der Waals surface area contributed by atoms with Crippen LogP contribution in [0.25, 0.3) is 0 Å². The summed E-state index contributed by atoms with van der Waals surface area (Å²) < 4.78 is 0. The van der Waals surface area contributed by atoms with Gasteiger partial charge in [-0.3, -0.25) is 0 Å². The van der Waals surface area contributed by atoms with Crippen molar-refractivity contribution in [3.63, 3.8) is 0 Å². The van der Waals surface area contributed by atoms with Crippen LogP contribution in [0.15, 0.2) is 12.2 Å². The molecule has 0 aromatic carbocycles. The van der Waals surface area contributed by atoms with Gasteiger partial charge in [0.15, 0.2) is 0 Å². The van der Waals surface area contributed by atoms with Crippen LogP contribution in [0.2, 0.25) is 0 Å². The third kappa shape index (κ3) is 2.44. The summed E-state index contributed by atoms with van der Waals surface area (Å²) in [5.41, 5.74) is 1.24. The van der Waals surface area contributed by atoms with Gasteiger partial charge in [-0.15, -0.1) is 0 Å². The Balaban J connectivity index is 3.34. The number of rotatable bonds is 2. The van der Waals surface area contributed by atoms with Gasteiger partial charge in [0, 0.05) is 0 Å². The molecule has 0 saturated heterocycles. The van der Waals surface area contributed by atoms with Crippen molar-refractivity contribution in [1.82, 2.24) is 0 Å². The van der Waals surface area contributed by atoms with Crippen LogP contribution in [0.5, 0.6) is 0 Å². The lowest BCUT2D eigenvalue weighted by Gasteiger charge is -2.03. The molecule has 0 aliphatic rings. The Morgan fingerprint density at radius 1 is 1.71 bits per heavy atom. The summed E-state index contributed by atoms with van der Waals surface area (Å²) in [7, 11) is 0. The van der Waals surface area contributed by atoms with E-state index in [2.05, 4.69) is 26.8 Å². The van der Waals surface area contributed by atoms with E-state index < -0.39 is 0 Å². The van der Waals surface area contributed by atoms with E-state index >= 15 is 0 Å². The first kappa shape index (κ1) is 6.74. The Kier molecular flexibility index (Phi) is 2.73. The molecule has 0 N–H and O–H groups in total. The van der Waals surface area contributed by atoms with E-state index in [1.54, 1.807) is 0 Å². The summed E-state index contributed by atoms with van der Waals surface area (Å²) in [6.07, 6.45) is 2.14. The summed E-state index contributed by atoms with van der Waals surface area (Å²) in [6.45, 7) is 10.0. The molecule has 0 nitrogen and oxygen atoms in total. The van der Waals surface area contributed by atoms with Gasteiger partial charge >= 0.3 is 0 Å². The summed E-state index contributed by atoms with van der Waals surface area (Å²) in [6, 6.07) is 0. The van der Waals surface area contributed by atoms with Gasteiger partial charge < -0.3 is 0 Å². The molecular weight excluding hydrogens is 84.1 g/mol. The highest BCUT2D eigenvalue weighted by Crippen LogP contribution is 2.08. The molecule has 1 atom stereocenters. The second-order valence-electron chi connectivity index (χ2n) is 1.97. The zero-order valence-electron chi connectivity index (χ0n) is 5.36. The van der Waals surface area contributed by atoms with Crippen LogP contribution in [0, 0.1) is 12.3 Å². The highest BCUT2D eigenvalue weighted by Gasteiger charge is 1.95. The highest BCUT2D eigenvalue weighted by atomic mass is 14.0. The number of hydrogen-bond acceptors (Lipinski definition) is 0. The van der Waals surface area contributed by atoms with Crippen molar-refractivity contribution in [1.29, 1.82) is 0 Å². The number of hydrogen-bond donors (Lipinski definition) is 0. The molecule has 1 radical (unpaired) electrons. The van der Waals surface area contributed by atoms with Crippen LogP contribution in [0.1, 0.15) is 20.8 Å². The lowest BCUT2D eigenvalue weighted by molar-refractivity contribution is 0.797. The molecule has 0 aliphatic heterocycles. The van der Waals surface area contributed by atoms with Crippen LogP contribution in [-0.4, -0.2) is 0 Å². The van der Waals surface area contributed by atoms with Gasteiger partial charge in [0.05, 0.1) is 0 Å². The SMILES string of the molecule is C=C(C)C(C)[CH]C. The molecule has 0 fully saturated rings. The molecule has 0 aliphatic carbocycles. The lowest BCUT2D eigenvalue weighted by Crippen LogP contribution is -1.91. The first-order valence-corrected chi connectivity index (χ1v) is 2.63. The highest BCUT2D eigenvalue weighted by molar-refractivity contribution is 4.98. The van der Waals surface area contributed by atoms with Crippen LogP contribution in [0.4, 0.5) is 0 Å². The standard InChI is InChI=1S/C7H13/c1-5-7(4)6(2)3/h5,7H,2H2,1,3-4H3. The lowest BCUT2D eigenvalue weighted by atomic mass is 10.0. The zero-order chi connectivity index (χ0) is 5.86. The normalized spacial score (nSPS) is 13.6. The molecule has 0 bridgehead atoms. The smallest absolute Gasteiger partial charge is 0.0209 e. The molecule has 0 aromatic rings. The minimum atomic E-state index is 0.583. The molecule has 0 amide bonds. The van der Waals surface area contributed by atoms with Crippen molar-refractivity contribution in [2.75, 3.05) is 0 Å². The first-order chi connectivity index (χ1) is 3.18. The fraction of sp³-hybridized carbons (Fsp3) is 0.571. The summed E-state index contributed by atoms with van der Waals surface area (Å²) >= 11 is 0. The average molecular weight is 97.2 g/mol. The minimum Gasteiger partial charge on any atom is -0.0999 e. The fourth-order valence-corrected chi connectivity index (χ4v) is 0.285. The molecule has 0 heteroatoms. The van der Waals surface area contributed by atoms with Gasteiger partial charge in [0.2, 0.25) is 0 Å². The number of allylic oxidation sites excluding steroid dienone is 1. The molecule has 0 spiro atoms. The average Bonchev–Trinajstić information content (AvgIpc) is 1.65. The summed E-state index contributed by atoms with van der Waals surface area (Å²) in [5.74, 6) is 0.583. The topological polar surface area (TPSA) is 0 Å². The van der Waals surface area contributed by atoms with Gasteiger partial charge in [-0.05, 0) is 19.3 Å². The van der Waals surface area contributed by atoms with E-state index in [0.717, 1.165) is 0 Å².